The van der Waals surface area contributed by atoms with Crippen molar-refractivity contribution in [3.8, 4) is 11.3 Å². The van der Waals surface area contributed by atoms with Gasteiger partial charge in [0.25, 0.3) is 0 Å². The SMILES string of the molecule is C[C@@]12CCC(=O)N1[C@@H](C(=O)Nc1nc(-c3ccc(Cl)cc3)cs1)CS2. The Bertz CT molecular complexity index is 839. The number of rotatable bonds is 3. The maximum Gasteiger partial charge on any atom is 0.249 e. The van der Waals surface area contributed by atoms with Gasteiger partial charge in [-0.25, -0.2) is 4.98 Å². The molecule has 0 saturated carbocycles. The summed E-state index contributed by atoms with van der Waals surface area (Å²) in [5.41, 5.74) is 1.74. The molecule has 2 aliphatic rings. The Balaban J connectivity index is 1.49. The van der Waals surface area contributed by atoms with E-state index in [-0.39, 0.29) is 16.7 Å². The normalized spacial score (nSPS) is 25.3. The van der Waals surface area contributed by atoms with E-state index in [0.717, 1.165) is 17.7 Å². The van der Waals surface area contributed by atoms with Gasteiger partial charge in [0.05, 0.1) is 10.6 Å². The first-order valence-electron chi connectivity index (χ1n) is 7.95. The third-order valence-corrected chi connectivity index (χ3v) is 7.14. The number of fused-ring (bicyclic) bond motifs is 1. The number of halogens is 1. The van der Waals surface area contributed by atoms with E-state index >= 15 is 0 Å². The summed E-state index contributed by atoms with van der Waals surface area (Å²) in [6.45, 7) is 2.04. The Labute approximate surface area is 158 Å². The minimum Gasteiger partial charge on any atom is -0.315 e. The van der Waals surface area contributed by atoms with Crippen molar-refractivity contribution in [3.05, 3.63) is 34.7 Å². The fourth-order valence-electron chi connectivity index (χ4n) is 3.29. The Morgan fingerprint density at radius 3 is 2.92 bits per heavy atom. The summed E-state index contributed by atoms with van der Waals surface area (Å²) in [5, 5.41) is 5.98. The number of nitrogens with one attached hydrogen (secondary N) is 1. The highest BCUT2D eigenvalue weighted by Crippen LogP contribution is 2.47. The number of hydrogen-bond acceptors (Lipinski definition) is 5. The van der Waals surface area contributed by atoms with Crippen molar-refractivity contribution in [1.82, 2.24) is 9.88 Å². The third-order valence-electron chi connectivity index (χ3n) is 4.62. The number of carbonyl (C=O) groups is 2. The second-order valence-corrected chi connectivity index (χ2v) is 9.10. The van der Waals surface area contributed by atoms with Crippen LogP contribution in [-0.4, -0.2) is 38.4 Å². The lowest BCUT2D eigenvalue weighted by atomic mass is 10.2. The van der Waals surface area contributed by atoms with Crippen LogP contribution in [0.15, 0.2) is 29.6 Å². The van der Waals surface area contributed by atoms with Crippen LogP contribution < -0.4 is 5.32 Å². The summed E-state index contributed by atoms with van der Waals surface area (Å²) in [7, 11) is 0. The van der Waals surface area contributed by atoms with E-state index in [1.165, 1.54) is 11.3 Å². The molecule has 25 heavy (non-hydrogen) atoms. The van der Waals surface area contributed by atoms with E-state index in [2.05, 4.69) is 10.3 Å². The summed E-state index contributed by atoms with van der Waals surface area (Å²) in [5.74, 6) is 0.529. The van der Waals surface area contributed by atoms with Crippen molar-refractivity contribution < 1.29 is 9.59 Å². The molecular weight excluding hydrogens is 378 g/mol. The number of nitrogens with zero attached hydrogens (tertiary/aromatic N) is 2. The van der Waals surface area contributed by atoms with Crippen molar-refractivity contribution in [3.63, 3.8) is 0 Å². The van der Waals surface area contributed by atoms with Gasteiger partial charge < -0.3 is 10.2 Å². The summed E-state index contributed by atoms with van der Waals surface area (Å²) < 4.78 is 0. The van der Waals surface area contributed by atoms with Gasteiger partial charge in [0.15, 0.2) is 5.13 Å². The van der Waals surface area contributed by atoms with E-state index < -0.39 is 6.04 Å². The van der Waals surface area contributed by atoms with Gasteiger partial charge in [-0.1, -0.05) is 23.7 Å². The maximum absolute atomic E-state index is 12.7. The molecule has 130 valence electrons. The van der Waals surface area contributed by atoms with E-state index in [4.69, 9.17) is 11.6 Å². The fraction of sp³-hybridized carbons (Fsp3) is 0.353. The minimum atomic E-state index is -0.423. The number of aromatic nitrogens is 1. The summed E-state index contributed by atoms with van der Waals surface area (Å²) in [4.78, 5) is 30.8. The molecule has 0 bridgehead atoms. The van der Waals surface area contributed by atoms with E-state index in [1.54, 1.807) is 16.7 Å². The van der Waals surface area contributed by atoms with Crippen LogP contribution in [0.2, 0.25) is 5.02 Å². The molecule has 1 aromatic carbocycles. The van der Waals surface area contributed by atoms with Crippen LogP contribution in [0.25, 0.3) is 11.3 Å². The molecule has 2 saturated heterocycles. The highest BCUT2D eigenvalue weighted by Gasteiger charge is 2.52. The number of hydrogen-bond donors (Lipinski definition) is 1. The Kier molecular flexibility index (Phi) is 4.25. The predicted molar refractivity (Wildman–Crippen MR) is 102 cm³/mol. The monoisotopic (exact) mass is 393 g/mol. The van der Waals surface area contributed by atoms with Crippen molar-refractivity contribution in [2.24, 2.45) is 0 Å². The lowest BCUT2D eigenvalue weighted by molar-refractivity contribution is -0.135. The topological polar surface area (TPSA) is 62.3 Å². The van der Waals surface area contributed by atoms with Crippen LogP contribution in [0.3, 0.4) is 0 Å². The molecule has 0 spiro atoms. The molecule has 1 N–H and O–H groups in total. The molecule has 1 aromatic heterocycles. The van der Waals surface area contributed by atoms with Gasteiger partial charge >= 0.3 is 0 Å². The number of amides is 2. The first-order valence-corrected chi connectivity index (χ1v) is 10.2. The van der Waals surface area contributed by atoms with Gasteiger partial charge in [-0.3, -0.25) is 9.59 Å². The Morgan fingerprint density at radius 2 is 2.16 bits per heavy atom. The molecule has 2 aliphatic heterocycles. The smallest absolute Gasteiger partial charge is 0.249 e. The minimum absolute atomic E-state index is 0.0636. The Hall–Kier alpha value is -1.57. The van der Waals surface area contributed by atoms with Gasteiger partial charge in [-0.15, -0.1) is 23.1 Å². The second-order valence-electron chi connectivity index (χ2n) is 6.30. The van der Waals surface area contributed by atoms with Gasteiger partial charge in [0, 0.05) is 28.1 Å². The largest absolute Gasteiger partial charge is 0.315 e. The number of carbonyl (C=O) groups excluding carboxylic acids is 2. The van der Waals surface area contributed by atoms with E-state index in [0.29, 0.717) is 22.3 Å². The molecular formula is C17H16ClN3O2S2. The van der Waals surface area contributed by atoms with Crippen molar-refractivity contribution in [2.45, 2.75) is 30.7 Å². The molecule has 8 heteroatoms. The zero-order valence-electron chi connectivity index (χ0n) is 13.5. The van der Waals surface area contributed by atoms with Crippen LogP contribution >= 0.6 is 34.7 Å². The van der Waals surface area contributed by atoms with Gasteiger partial charge in [0.2, 0.25) is 11.8 Å². The fourth-order valence-corrected chi connectivity index (χ4v) is 5.57. The van der Waals surface area contributed by atoms with Crippen molar-refractivity contribution >= 4 is 51.6 Å². The molecule has 4 rings (SSSR count). The van der Waals surface area contributed by atoms with E-state index in [9.17, 15) is 9.59 Å². The lowest BCUT2D eigenvalue weighted by Crippen LogP contribution is -2.48. The third kappa shape index (κ3) is 3.05. The molecule has 2 atom stereocenters. The zero-order valence-corrected chi connectivity index (χ0v) is 15.9. The summed E-state index contributed by atoms with van der Waals surface area (Å²) in [6.07, 6.45) is 1.32. The van der Waals surface area contributed by atoms with Crippen LogP contribution in [-0.2, 0) is 9.59 Å². The Morgan fingerprint density at radius 1 is 1.40 bits per heavy atom. The second kappa shape index (κ2) is 6.30. The highest BCUT2D eigenvalue weighted by atomic mass is 35.5. The van der Waals surface area contributed by atoms with Gasteiger partial charge in [0.1, 0.15) is 6.04 Å². The van der Waals surface area contributed by atoms with Crippen LogP contribution in [0, 0.1) is 0 Å². The van der Waals surface area contributed by atoms with Gasteiger partial charge in [-0.05, 0) is 25.5 Å². The number of thiazole rings is 1. The number of anilines is 1. The van der Waals surface area contributed by atoms with Crippen molar-refractivity contribution in [2.75, 3.05) is 11.1 Å². The average Bonchev–Trinajstić information content (AvgIpc) is 3.25. The molecule has 2 fully saturated rings. The molecule has 0 unspecified atom stereocenters. The predicted octanol–water partition coefficient (Wildman–Crippen LogP) is 3.86. The first kappa shape index (κ1) is 16.9. The molecule has 0 radical (unpaired) electrons. The van der Waals surface area contributed by atoms with E-state index in [1.807, 2.05) is 36.6 Å². The standard InChI is InChI=1S/C17H16ClN3O2S2/c1-17-7-6-14(22)21(17)13(9-25-17)15(23)20-16-19-12(8-24-16)10-2-4-11(18)5-3-10/h2-5,8,13H,6-7,9H2,1H3,(H,19,20,23)/t13-,17-/m1/s1. The molecule has 0 aliphatic carbocycles. The molecule has 2 amide bonds. The van der Waals surface area contributed by atoms with Gasteiger partial charge in [-0.2, -0.15) is 0 Å². The number of benzene rings is 1. The summed E-state index contributed by atoms with van der Waals surface area (Å²) in [6, 6.07) is 6.98. The molecule has 3 heterocycles. The first-order chi connectivity index (χ1) is 12.0. The van der Waals surface area contributed by atoms with Crippen LogP contribution in [0.5, 0.6) is 0 Å². The lowest BCUT2D eigenvalue weighted by Gasteiger charge is -2.29. The quantitative estimate of drug-likeness (QED) is 0.860. The van der Waals surface area contributed by atoms with Crippen LogP contribution in [0.1, 0.15) is 19.8 Å². The number of thioether (sulfide) groups is 1. The highest BCUT2D eigenvalue weighted by molar-refractivity contribution is 8.01. The molecule has 2 aromatic rings. The summed E-state index contributed by atoms with van der Waals surface area (Å²) >= 11 is 8.96. The van der Waals surface area contributed by atoms with Crippen molar-refractivity contribution in [1.29, 1.82) is 0 Å². The average molecular weight is 394 g/mol. The zero-order chi connectivity index (χ0) is 17.6. The van der Waals surface area contributed by atoms with Crippen LogP contribution in [0.4, 0.5) is 5.13 Å². The molecule has 5 nitrogen and oxygen atoms in total. The maximum atomic E-state index is 12.7.